The van der Waals surface area contributed by atoms with Crippen LogP contribution in [0.2, 0.25) is 0 Å². The molecular weight excluding hydrogens is 387 g/mol. The highest BCUT2D eigenvalue weighted by atomic mass is 32.1. The van der Waals surface area contributed by atoms with Gasteiger partial charge in [-0.05, 0) is 63.0 Å². The Morgan fingerprint density at radius 1 is 1.24 bits per heavy atom. The number of nitrogens with zero attached hydrogens (tertiary/aromatic N) is 3. The second-order valence-electron chi connectivity index (χ2n) is 6.95. The van der Waals surface area contributed by atoms with Crippen LogP contribution in [0.25, 0.3) is 10.6 Å². The second kappa shape index (κ2) is 10.2. The third kappa shape index (κ3) is 5.92. The average molecular weight is 413 g/mol. The summed E-state index contributed by atoms with van der Waals surface area (Å²) >= 11 is 1.66. The number of nitrogens with one attached hydrogen (secondary N) is 1. The SMILES string of the molecule is CC=O.CN1CCCC(c2nc(Nc3cccc(F)c3)cc(-c3cccs3)n2)C1. The van der Waals surface area contributed by atoms with Gasteiger partial charge in [-0.25, -0.2) is 14.4 Å². The second-order valence-corrected chi connectivity index (χ2v) is 7.89. The molecule has 7 heteroatoms. The van der Waals surface area contributed by atoms with Crippen LogP contribution in [-0.4, -0.2) is 41.3 Å². The van der Waals surface area contributed by atoms with E-state index in [2.05, 4.69) is 23.3 Å². The standard InChI is InChI=1S/C20H21FN4S.C2H4O/c1-25-9-3-5-14(13-25)20-23-17(18-8-4-10-26-18)12-19(24-20)22-16-7-2-6-15(21)11-16;1-2-3/h2,4,6-8,10-12,14H,3,5,9,13H2,1H3,(H,22,23,24);2H,1H3. The van der Waals surface area contributed by atoms with Crippen molar-refractivity contribution in [1.82, 2.24) is 14.9 Å². The molecule has 3 aromatic rings. The topological polar surface area (TPSA) is 58.1 Å². The minimum Gasteiger partial charge on any atom is -0.340 e. The summed E-state index contributed by atoms with van der Waals surface area (Å²) in [7, 11) is 2.14. The van der Waals surface area contributed by atoms with E-state index >= 15 is 0 Å². The Labute approximate surface area is 174 Å². The summed E-state index contributed by atoms with van der Waals surface area (Å²) in [4.78, 5) is 21.9. The normalized spacial score (nSPS) is 16.6. The number of likely N-dealkylation sites (tertiary alicyclic amines) is 1. The van der Waals surface area contributed by atoms with Gasteiger partial charge in [0.25, 0.3) is 0 Å². The summed E-state index contributed by atoms with van der Waals surface area (Å²) in [5.41, 5.74) is 1.60. The van der Waals surface area contributed by atoms with E-state index in [1.165, 1.54) is 19.1 Å². The van der Waals surface area contributed by atoms with Gasteiger partial charge in [-0.1, -0.05) is 12.1 Å². The average Bonchev–Trinajstić information content (AvgIpc) is 3.23. The van der Waals surface area contributed by atoms with E-state index < -0.39 is 0 Å². The van der Waals surface area contributed by atoms with Gasteiger partial charge in [-0.3, -0.25) is 0 Å². The van der Waals surface area contributed by atoms with Gasteiger partial charge in [-0.2, -0.15) is 0 Å². The number of hydrogen-bond acceptors (Lipinski definition) is 6. The zero-order chi connectivity index (χ0) is 20.6. The van der Waals surface area contributed by atoms with Crippen LogP contribution in [0.4, 0.5) is 15.9 Å². The lowest BCUT2D eigenvalue weighted by molar-refractivity contribution is -0.106. The highest BCUT2D eigenvalue weighted by molar-refractivity contribution is 7.13. The van der Waals surface area contributed by atoms with E-state index in [0.29, 0.717) is 17.4 Å². The van der Waals surface area contributed by atoms with Crippen LogP contribution in [-0.2, 0) is 4.79 Å². The fourth-order valence-electron chi connectivity index (χ4n) is 3.35. The maximum Gasteiger partial charge on any atom is 0.135 e. The van der Waals surface area contributed by atoms with Crippen LogP contribution < -0.4 is 5.32 Å². The molecule has 1 N–H and O–H groups in total. The summed E-state index contributed by atoms with van der Waals surface area (Å²) in [6.07, 6.45) is 3.00. The summed E-state index contributed by atoms with van der Waals surface area (Å²) in [5, 5.41) is 5.28. The summed E-state index contributed by atoms with van der Waals surface area (Å²) in [6, 6.07) is 12.5. The van der Waals surface area contributed by atoms with Crippen LogP contribution in [0, 0.1) is 5.82 Å². The predicted molar refractivity (Wildman–Crippen MR) is 116 cm³/mol. The fourth-order valence-corrected chi connectivity index (χ4v) is 4.04. The molecule has 1 saturated heterocycles. The summed E-state index contributed by atoms with van der Waals surface area (Å²) in [6.45, 7) is 3.53. The van der Waals surface area contributed by atoms with Crippen LogP contribution in [0.3, 0.4) is 0 Å². The smallest absolute Gasteiger partial charge is 0.135 e. The fraction of sp³-hybridized carbons (Fsp3) is 0.318. The molecule has 0 spiro atoms. The van der Waals surface area contributed by atoms with Crippen molar-refractivity contribution in [2.45, 2.75) is 25.7 Å². The maximum absolute atomic E-state index is 13.5. The zero-order valence-corrected chi connectivity index (χ0v) is 17.5. The number of halogens is 1. The van der Waals surface area contributed by atoms with Crippen LogP contribution in [0.1, 0.15) is 31.5 Å². The van der Waals surface area contributed by atoms with Crippen molar-refractivity contribution in [3.8, 4) is 10.6 Å². The van der Waals surface area contributed by atoms with Crippen molar-refractivity contribution in [2.24, 2.45) is 0 Å². The Kier molecular flexibility index (Phi) is 7.43. The number of aromatic nitrogens is 2. The van der Waals surface area contributed by atoms with E-state index in [9.17, 15) is 4.39 Å². The van der Waals surface area contributed by atoms with Gasteiger partial charge in [0.2, 0.25) is 0 Å². The third-order valence-corrected chi connectivity index (χ3v) is 5.50. The molecule has 1 aliphatic heterocycles. The Hall–Kier alpha value is -2.64. The molecule has 29 heavy (non-hydrogen) atoms. The molecule has 2 aromatic heterocycles. The number of carbonyl (C=O) groups excluding carboxylic acids is 1. The first-order valence-electron chi connectivity index (χ1n) is 9.63. The lowest BCUT2D eigenvalue weighted by Crippen LogP contribution is -2.31. The zero-order valence-electron chi connectivity index (χ0n) is 16.6. The van der Waals surface area contributed by atoms with Crippen LogP contribution in [0.15, 0.2) is 47.8 Å². The van der Waals surface area contributed by atoms with E-state index in [1.807, 2.05) is 23.6 Å². The van der Waals surface area contributed by atoms with E-state index in [4.69, 9.17) is 14.8 Å². The number of thiophene rings is 1. The van der Waals surface area contributed by atoms with Crippen LogP contribution in [0.5, 0.6) is 0 Å². The van der Waals surface area contributed by atoms with Crippen molar-refractivity contribution in [3.63, 3.8) is 0 Å². The monoisotopic (exact) mass is 412 g/mol. The lowest BCUT2D eigenvalue weighted by atomic mass is 9.97. The molecule has 0 radical (unpaired) electrons. The quantitative estimate of drug-likeness (QED) is 0.604. The minimum atomic E-state index is -0.267. The highest BCUT2D eigenvalue weighted by Crippen LogP contribution is 2.30. The van der Waals surface area contributed by atoms with Crippen molar-refractivity contribution in [2.75, 3.05) is 25.5 Å². The van der Waals surface area contributed by atoms with Crippen LogP contribution >= 0.6 is 11.3 Å². The number of anilines is 2. The molecule has 5 nitrogen and oxygen atoms in total. The third-order valence-electron chi connectivity index (χ3n) is 4.60. The van der Waals surface area contributed by atoms with Gasteiger partial charge in [0, 0.05) is 24.2 Å². The number of aldehydes is 1. The molecule has 1 atom stereocenters. The van der Waals surface area contributed by atoms with Crippen molar-refractivity contribution >= 4 is 29.1 Å². The molecule has 0 aliphatic carbocycles. The first-order chi connectivity index (χ1) is 14.1. The number of benzene rings is 1. The van der Waals surface area contributed by atoms with Gasteiger partial charge < -0.3 is 15.0 Å². The molecule has 1 aromatic carbocycles. The number of likely N-dealkylation sites (N-methyl/N-ethyl adjacent to an activating group) is 1. The molecule has 1 fully saturated rings. The van der Waals surface area contributed by atoms with Gasteiger partial charge >= 0.3 is 0 Å². The first kappa shape index (κ1) is 21.1. The Balaban J connectivity index is 0.000000755. The number of carbonyl (C=O) groups is 1. The molecule has 0 saturated carbocycles. The van der Waals surface area contributed by atoms with E-state index in [-0.39, 0.29) is 5.82 Å². The summed E-state index contributed by atoms with van der Waals surface area (Å²) in [5.74, 6) is 1.62. The minimum absolute atomic E-state index is 0.267. The number of rotatable bonds is 4. The van der Waals surface area contributed by atoms with Gasteiger partial charge in [-0.15, -0.1) is 11.3 Å². The van der Waals surface area contributed by atoms with Gasteiger partial charge in [0.1, 0.15) is 23.7 Å². The molecule has 1 unspecified atom stereocenters. The van der Waals surface area contributed by atoms with Gasteiger partial charge in [0.05, 0.1) is 10.6 Å². The summed E-state index contributed by atoms with van der Waals surface area (Å²) < 4.78 is 13.5. The highest BCUT2D eigenvalue weighted by Gasteiger charge is 2.22. The van der Waals surface area contributed by atoms with E-state index in [0.717, 1.165) is 48.6 Å². The van der Waals surface area contributed by atoms with Gasteiger partial charge in [0.15, 0.2) is 0 Å². The van der Waals surface area contributed by atoms with Crippen molar-refractivity contribution < 1.29 is 9.18 Å². The molecule has 4 rings (SSSR count). The maximum atomic E-state index is 13.5. The molecule has 3 heterocycles. The molecule has 0 amide bonds. The lowest BCUT2D eigenvalue weighted by Gasteiger charge is -2.29. The molecule has 152 valence electrons. The number of piperidine rings is 1. The molecule has 1 aliphatic rings. The number of hydrogen-bond donors (Lipinski definition) is 1. The predicted octanol–water partition coefficient (Wildman–Crippen LogP) is 5.10. The Bertz CT molecular complexity index is 932. The van der Waals surface area contributed by atoms with E-state index in [1.54, 1.807) is 17.4 Å². The Morgan fingerprint density at radius 2 is 2.07 bits per heavy atom. The molecular formula is C22H25FN4OS. The van der Waals surface area contributed by atoms with Crippen molar-refractivity contribution in [3.05, 3.63) is 59.5 Å². The largest absolute Gasteiger partial charge is 0.340 e. The molecule has 0 bridgehead atoms. The van der Waals surface area contributed by atoms with Crippen molar-refractivity contribution in [1.29, 1.82) is 0 Å². The Morgan fingerprint density at radius 3 is 2.76 bits per heavy atom. The first-order valence-corrected chi connectivity index (χ1v) is 10.5.